The Morgan fingerprint density at radius 2 is 2.20 bits per heavy atom. The van der Waals surface area contributed by atoms with Crippen LogP contribution in [0.4, 0.5) is 0 Å². The zero-order valence-electron chi connectivity index (χ0n) is 14.7. The molecule has 1 atom stereocenters. The van der Waals surface area contributed by atoms with Crippen LogP contribution in [0.3, 0.4) is 0 Å². The number of methoxy groups -OCH3 is 1. The molecule has 2 heterocycles. The minimum Gasteiger partial charge on any atom is -0.496 e. The zero-order chi connectivity index (χ0) is 17.8. The lowest BCUT2D eigenvalue weighted by Gasteiger charge is -2.32. The Morgan fingerprint density at radius 3 is 2.96 bits per heavy atom. The number of aryl methyl sites for hydroxylation is 1. The van der Waals surface area contributed by atoms with Crippen molar-refractivity contribution in [3.63, 3.8) is 0 Å². The van der Waals surface area contributed by atoms with Gasteiger partial charge in [-0.2, -0.15) is 0 Å². The highest BCUT2D eigenvalue weighted by atomic mass is 35.5. The van der Waals surface area contributed by atoms with Crippen molar-refractivity contribution in [2.24, 2.45) is 5.92 Å². The van der Waals surface area contributed by atoms with Crippen LogP contribution in [0.25, 0.3) is 0 Å². The maximum Gasteiger partial charge on any atom is 0.170 e. The highest BCUT2D eigenvalue weighted by Gasteiger charge is 2.28. The van der Waals surface area contributed by atoms with Crippen LogP contribution in [-0.2, 0) is 6.54 Å². The fraction of sp³-hybridized carbons (Fsp3) is 0.400. The van der Waals surface area contributed by atoms with Crippen LogP contribution in [0.5, 0.6) is 5.75 Å². The van der Waals surface area contributed by atoms with Gasteiger partial charge in [-0.05, 0) is 56.6 Å². The molecule has 0 spiro atoms. The normalized spacial score (nSPS) is 18.1. The molecule has 0 saturated carbocycles. The number of piperidine rings is 1. The van der Waals surface area contributed by atoms with Crippen LogP contribution in [0.15, 0.2) is 36.4 Å². The molecule has 132 valence electrons. The average Bonchev–Trinajstić information content (AvgIpc) is 2.61. The molecule has 0 aliphatic carbocycles. The number of carbonyl (C=O) groups excluding carboxylic acids is 1. The molecule has 0 radical (unpaired) electrons. The number of nitrogens with zero attached hydrogens (tertiary/aromatic N) is 2. The van der Waals surface area contributed by atoms with Gasteiger partial charge >= 0.3 is 0 Å². The van der Waals surface area contributed by atoms with Gasteiger partial charge in [0.2, 0.25) is 0 Å². The van der Waals surface area contributed by atoms with E-state index in [9.17, 15) is 4.79 Å². The minimum atomic E-state index is -0.0362. The Labute approximate surface area is 153 Å². The fourth-order valence-electron chi connectivity index (χ4n) is 3.42. The highest BCUT2D eigenvalue weighted by molar-refractivity contribution is 6.31. The topological polar surface area (TPSA) is 42.4 Å². The van der Waals surface area contributed by atoms with E-state index in [4.69, 9.17) is 16.3 Å². The smallest absolute Gasteiger partial charge is 0.170 e. The molecule has 0 bridgehead atoms. The lowest BCUT2D eigenvalue weighted by Crippen LogP contribution is -2.38. The zero-order valence-corrected chi connectivity index (χ0v) is 15.4. The summed E-state index contributed by atoms with van der Waals surface area (Å²) in [6.07, 6.45) is 1.90. The van der Waals surface area contributed by atoms with Crippen LogP contribution in [0, 0.1) is 12.8 Å². The molecule has 1 aliphatic heterocycles. The number of Topliss-reactive ketones (excluding diaryl/α,β-unsaturated/α-hetero) is 1. The summed E-state index contributed by atoms with van der Waals surface area (Å²) in [7, 11) is 1.58. The van der Waals surface area contributed by atoms with Crippen molar-refractivity contribution in [1.82, 2.24) is 9.88 Å². The maximum atomic E-state index is 13.0. The van der Waals surface area contributed by atoms with Crippen molar-refractivity contribution in [2.45, 2.75) is 26.3 Å². The molecule has 1 fully saturated rings. The van der Waals surface area contributed by atoms with Gasteiger partial charge in [-0.15, -0.1) is 0 Å². The van der Waals surface area contributed by atoms with Gasteiger partial charge in [0.15, 0.2) is 5.78 Å². The van der Waals surface area contributed by atoms with Crippen LogP contribution in [0.1, 0.15) is 34.6 Å². The SMILES string of the molecule is COc1ccc(Cl)cc1C(=O)C1CCCN(Cc2cccc(C)n2)C1. The van der Waals surface area contributed by atoms with E-state index in [-0.39, 0.29) is 11.7 Å². The van der Waals surface area contributed by atoms with Crippen molar-refractivity contribution in [3.8, 4) is 5.75 Å². The van der Waals surface area contributed by atoms with Crippen LogP contribution < -0.4 is 4.74 Å². The Bertz CT molecular complexity index is 763. The summed E-state index contributed by atoms with van der Waals surface area (Å²) in [5.41, 5.74) is 2.65. The number of pyridine rings is 1. The predicted octanol–water partition coefficient (Wildman–Crippen LogP) is 4.15. The third kappa shape index (κ3) is 4.39. The van der Waals surface area contributed by atoms with E-state index < -0.39 is 0 Å². The molecule has 5 heteroatoms. The maximum absolute atomic E-state index is 13.0. The first-order chi connectivity index (χ1) is 12.1. The van der Waals surface area contributed by atoms with Crippen LogP contribution in [-0.4, -0.2) is 35.9 Å². The van der Waals surface area contributed by atoms with Gasteiger partial charge in [0.05, 0.1) is 18.4 Å². The monoisotopic (exact) mass is 358 g/mol. The number of benzene rings is 1. The van der Waals surface area contributed by atoms with Gasteiger partial charge < -0.3 is 4.74 Å². The van der Waals surface area contributed by atoms with E-state index in [1.165, 1.54) is 0 Å². The van der Waals surface area contributed by atoms with Crippen molar-refractivity contribution in [2.75, 3.05) is 20.2 Å². The quantitative estimate of drug-likeness (QED) is 0.753. The van der Waals surface area contributed by atoms with E-state index in [0.29, 0.717) is 16.3 Å². The second-order valence-electron chi connectivity index (χ2n) is 6.55. The van der Waals surface area contributed by atoms with Gasteiger partial charge in [-0.3, -0.25) is 14.7 Å². The molecule has 1 aromatic heterocycles. The summed E-state index contributed by atoms with van der Waals surface area (Å²) in [5, 5.41) is 0.556. The molecular weight excluding hydrogens is 336 g/mol. The Kier molecular flexibility index (Phi) is 5.71. The van der Waals surface area contributed by atoms with E-state index in [2.05, 4.69) is 9.88 Å². The molecule has 1 saturated heterocycles. The Balaban J connectivity index is 1.72. The second kappa shape index (κ2) is 7.98. The van der Waals surface area contributed by atoms with Gasteiger partial charge in [-0.25, -0.2) is 0 Å². The molecule has 0 amide bonds. The second-order valence-corrected chi connectivity index (χ2v) is 6.99. The number of halogens is 1. The number of aromatic nitrogens is 1. The first-order valence-corrected chi connectivity index (χ1v) is 8.97. The summed E-state index contributed by atoms with van der Waals surface area (Å²) in [4.78, 5) is 19.9. The Hall–Kier alpha value is -1.91. The van der Waals surface area contributed by atoms with Crippen LogP contribution in [0.2, 0.25) is 5.02 Å². The lowest BCUT2D eigenvalue weighted by atomic mass is 9.89. The average molecular weight is 359 g/mol. The van der Waals surface area contributed by atoms with Crippen molar-refractivity contribution in [3.05, 3.63) is 58.4 Å². The standard InChI is InChI=1S/C20H23ClN2O2/c1-14-5-3-7-17(22-14)13-23-10-4-6-15(12-23)20(24)18-11-16(21)8-9-19(18)25-2/h3,5,7-9,11,15H,4,6,10,12-13H2,1-2H3. The Morgan fingerprint density at radius 1 is 1.36 bits per heavy atom. The van der Waals surface area contributed by atoms with E-state index in [1.807, 2.05) is 25.1 Å². The number of carbonyl (C=O) groups is 1. The first kappa shape index (κ1) is 17.9. The summed E-state index contributed by atoms with van der Waals surface area (Å²) in [6.45, 7) is 4.51. The van der Waals surface area contributed by atoms with E-state index in [1.54, 1.807) is 25.3 Å². The third-order valence-electron chi connectivity index (χ3n) is 4.63. The van der Waals surface area contributed by atoms with E-state index >= 15 is 0 Å². The molecule has 1 unspecified atom stereocenters. The summed E-state index contributed by atoms with van der Waals surface area (Å²) < 4.78 is 5.34. The molecule has 1 aromatic carbocycles. The first-order valence-electron chi connectivity index (χ1n) is 8.59. The highest BCUT2D eigenvalue weighted by Crippen LogP contribution is 2.29. The lowest BCUT2D eigenvalue weighted by molar-refractivity contribution is 0.0807. The van der Waals surface area contributed by atoms with Crippen LogP contribution >= 0.6 is 11.6 Å². The third-order valence-corrected chi connectivity index (χ3v) is 4.87. The molecule has 4 nitrogen and oxygen atoms in total. The predicted molar refractivity (Wildman–Crippen MR) is 99.3 cm³/mol. The van der Waals surface area contributed by atoms with Crippen molar-refractivity contribution < 1.29 is 9.53 Å². The number of ether oxygens (including phenoxy) is 1. The molecule has 0 N–H and O–H groups in total. The number of likely N-dealkylation sites (tertiary alicyclic amines) is 1. The molecule has 3 rings (SSSR count). The van der Waals surface area contributed by atoms with Crippen molar-refractivity contribution >= 4 is 17.4 Å². The van der Waals surface area contributed by atoms with Gasteiger partial charge in [0.1, 0.15) is 5.75 Å². The van der Waals surface area contributed by atoms with Gasteiger partial charge in [-0.1, -0.05) is 17.7 Å². The van der Waals surface area contributed by atoms with Gasteiger partial charge in [0, 0.05) is 29.7 Å². The van der Waals surface area contributed by atoms with Gasteiger partial charge in [0.25, 0.3) is 0 Å². The molecule has 1 aliphatic rings. The van der Waals surface area contributed by atoms with E-state index in [0.717, 1.165) is 43.9 Å². The molecule has 25 heavy (non-hydrogen) atoms. The molecular formula is C20H23ClN2O2. The number of ketones is 1. The summed E-state index contributed by atoms with van der Waals surface area (Å²) in [5.74, 6) is 0.666. The number of hydrogen-bond acceptors (Lipinski definition) is 4. The summed E-state index contributed by atoms with van der Waals surface area (Å²) in [6, 6.07) is 11.3. The number of rotatable bonds is 5. The number of hydrogen-bond donors (Lipinski definition) is 0. The largest absolute Gasteiger partial charge is 0.496 e. The molecule has 2 aromatic rings. The van der Waals surface area contributed by atoms with Crippen molar-refractivity contribution in [1.29, 1.82) is 0 Å². The fourth-order valence-corrected chi connectivity index (χ4v) is 3.59. The summed E-state index contributed by atoms with van der Waals surface area (Å²) >= 11 is 6.08. The minimum absolute atomic E-state index is 0.0362.